The number of methoxy groups -OCH3 is 1. The standard InChI is InChI=1S/C8H13NO2.ClH/c1-11-8(10)7-5-2-3-9-4-6(5)7;/h5-7,9H,2-4H2,1H3;1H/t5-,6+,7+;/m0./s1. The Morgan fingerprint density at radius 1 is 1.50 bits per heavy atom. The molecule has 0 bridgehead atoms. The van der Waals surface area contributed by atoms with E-state index < -0.39 is 0 Å². The van der Waals surface area contributed by atoms with Crippen LogP contribution >= 0.6 is 12.4 Å². The van der Waals surface area contributed by atoms with Crippen molar-refractivity contribution in [2.75, 3.05) is 20.2 Å². The second kappa shape index (κ2) is 3.62. The number of carbonyl (C=O) groups is 1. The summed E-state index contributed by atoms with van der Waals surface area (Å²) in [5.74, 6) is 1.42. The SMILES string of the molecule is COC(=O)[C@H]1[C@@H]2CNCC[C@@H]21.Cl. The molecule has 3 atom stereocenters. The van der Waals surface area contributed by atoms with Crippen molar-refractivity contribution in [3.05, 3.63) is 0 Å². The second-order valence-electron chi connectivity index (χ2n) is 3.37. The molecule has 1 aliphatic carbocycles. The van der Waals surface area contributed by atoms with Crippen molar-refractivity contribution in [2.45, 2.75) is 6.42 Å². The highest BCUT2D eigenvalue weighted by molar-refractivity contribution is 5.85. The van der Waals surface area contributed by atoms with Crippen LogP contribution in [0, 0.1) is 17.8 Å². The highest BCUT2D eigenvalue weighted by atomic mass is 35.5. The first-order chi connectivity index (χ1) is 5.34. The molecule has 0 radical (unpaired) electrons. The van der Waals surface area contributed by atoms with Gasteiger partial charge in [0.15, 0.2) is 0 Å². The Morgan fingerprint density at radius 3 is 2.75 bits per heavy atom. The van der Waals surface area contributed by atoms with Crippen LogP contribution in [0.3, 0.4) is 0 Å². The van der Waals surface area contributed by atoms with Crippen molar-refractivity contribution in [1.82, 2.24) is 5.32 Å². The Kier molecular flexibility index (Phi) is 2.96. The van der Waals surface area contributed by atoms with E-state index >= 15 is 0 Å². The first-order valence-electron chi connectivity index (χ1n) is 4.13. The van der Waals surface area contributed by atoms with E-state index in [1.54, 1.807) is 0 Å². The van der Waals surface area contributed by atoms with Crippen LogP contribution in [0.1, 0.15) is 6.42 Å². The van der Waals surface area contributed by atoms with Crippen molar-refractivity contribution in [3.63, 3.8) is 0 Å². The summed E-state index contributed by atoms with van der Waals surface area (Å²) in [6.07, 6.45) is 1.14. The number of halogens is 1. The largest absolute Gasteiger partial charge is 0.469 e. The number of hydrogen-bond acceptors (Lipinski definition) is 3. The molecule has 0 spiro atoms. The zero-order valence-electron chi connectivity index (χ0n) is 7.08. The molecule has 70 valence electrons. The normalized spacial score (nSPS) is 37.6. The lowest BCUT2D eigenvalue weighted by atomic mass is 10.2. The molecule has 2 fully saturated rings. The maximum atomic E-state index is 11.1. The molecule has 1 aliphatic heterocycles. The van der Waals surface area contributed by atoms with Crippen molar-refractivity contribution in [3.8, 4) is 0 Å². The Hall–Kier alpha value is -0.280. The first kappa shape index (κ1) is 9.81. The number of ether oxygens (including phenoxy) is 1. The molecule has 0 aromatic rings. The molecular weight excluding hydrogens is 178 g/mol. The lowest BCUT2D eigenvalue weighted by Gasteiger charge is -2.07. The molecule has 0 unspecified atom stereocenters. The second-order valence-corrected chi connectivity index (χ2v) is 3.37. The van der Waals surface area contributed by atoms with E-state index in [1.807, 2.05) is 0 Å². The third-order valence-corrected chi connectivity index (χ3v) is 2.84. The topological polar surface area (TPSA) is 38.3 Å². The molecule has 3 nitrogen and oxygen atoms in total. The van der Waals surface area contributed by atoms with Gasteiger partial charge in [0.1, 0.15) is 0 Å². The van der Waals surface area contributed by atoms with Crippen LogP contribution in [0.2, 0.25) is 0 Å². The van der Waals surface area contributed by atoms with Crippen LogP contribution in [0.4, 0.5) is 0 Å². The maximum Gasteiger partial charge on any atom is 0.309 e. The Labute approximate surface area is 78.3 Å². The van der Waals surface area contributed by atoms with Gasteiger partial charge in [0.25, 0.3) is 0 Å². The lowest BCUT2D eigenvalue weighted by Crippen LogP contribution is -2.23. The Bertz CT molecular complexity index is 174. The first-order valence-corrected chi connectivity index (χ1v) is 4.13. The fourth-order valence-electron chi connectivity index (χ4n) is 2.14. The Balaban J connectivity index is 0.000000720. The molecule has 1 saturated heterocycles. The Morgan fingerprint density at radius 2 is 2.25 bits per heavy atom. The predicted molar refractivity (Wildman–Crippen MR) is 47.2 cm³/mol. The van der Waals surface area contributed by atoms with Gasteiger partial charge < -0.3 is 10.1 Å². The fraction of sp³-hybridized carbons (Fsp3) is 0.875. The van der Waals surface area contributed by atoms with E-state index in [0.29, 0.717) is 11.8 Å². The molecule has 0 amide bonds. The van der Waals surface area contributed by atoms with Gasteiger partial charge in [0.05, 0.1) is 13.0 Å². The molecule has 12 heavy (non-hydrogen) atoms. The summed E-state index contributed by atoms with van der Waals surface area (Å²) >= 11 is 0. The molecular formula is C8H14ClNO2. The van der Waals surface area contributed by atoms with Gasteiger partial charge in [-0.2, -0.15) is 0 Å². The van der Waals surface area contributed by atoms with Gasteiger partial charge in [-0.05, 0) is 31.3 Å². The summed E-state index contributed by atoms with van der Waals surface area (Å²) < 4.78 is 4.70. The minimum absolute atomic E-state index is 0. The zero-order valence-corrected chi connectivity index (χ0v) is 7.89. The van der Waals surface area contributed by atoms with Gasteiger partial charge in [0.2, 0.25) is 0 Å². The van der Waals surface area contributed by atoms with Crippen molar-refractivity contribution < 1.29 is 9.53 Å². The third-order valence-electron chi connectivity index (χ3n) is 2.84. The van der Waals surface area contributed by atoms with Crippen LogP contribution in [0.15, 0.2) is 0 Å². The van der Waals surface area contributed by atoms with E-state index in [9.17, 15) is 4.79 Å². The van der Waals surface area contributed by atoms with Gasteiger partial charge in [-0.25, -0.2) is 0 Å². The van der Waals surface area contributed by atoms with E-state index in [4.69, 9.17) is 4.74 Å². The summed E-state index contributed by atoms with van der Waals surface area (Å²) in [4.78, 5) is 11.1. The molecule has 1 heterocycles. The summed E-state index contributed by atoms with van der Waals surface area (Å²) in [5.41, 5.74) is 0. The number of carbonyl (C=O) groups excluding carboxylic acids is 1. The summed E-state index contributed by atoms with van der Waals surface area (Å²) in [7, 11) is 1.47. The van der Waals surface area contributed by atoms with Gasteiger partial charge in [-0.3, -0.25) is 4.79 Å². The quantitative estimate of drug-likeness (QED) is 0.612. The number of rotatable bonds is 1. The summed E-state index contributed by atoms with van der Waals surface area (Å²) in [6.45, 7) is 2.07. The molecule has 0 aromatic carbocycles. The van der Waals surface area contributed by atoms with E-state index in [1.165, 1.54) is 7.11 Å². The minimum Gasteiger partial charge on any atom is -0.469 e. The fourth-order valence-corrected chi connectivity index (χ4v) is 2.14. The molecule has 1 saturated carbocycles. The minimum atomic E-state index is -0.0105. The lowest BCUT2D eigenvalue weighted by molar-refractivity contribution is -0.142. The van der Waals surface area contributed by atoms with Crippen LogP contribution in [0.5, 0.6) is 0 Å². The van der Waals surface area contributed by atoms with Crippen LogP contribution in [0.25, 0.3) is 0 Å². The van der Waals surface area contributed by atoms with Gasteiger partial charge in [-0.15, -0.1) is 12.4 Å². The van der Waals surface area contributed by atoms with Gasteiger partial charge in [0, 0.05) is 0 Å². The number of fused-ring (bicyclic) bond motifs is 1. The number of nitrogens with one attached hydrogen (secondary N) is 1. The average Bonchev–Trinajstić information content (AvgIpc) is 2.77. The highest BCUT2D eigenvalue weighted by Gasteiger charge is 2.55. The molecule has 2 rings (SSSR count). The predicted octanol–water partition coefficient (Wildman–Crippen LogP) is 0.437. The molecule has 4 heteroatoms. The van der Waals surface area contributed by atoms with E-state index in [2.05, 4.69) is 5.32 Å². The van der Waals surface area contributed by atoms with Crippen molar-refractivity contribution >= 4 is 18.4 Å². The van der Waals surface area contributed by atoms with E-state index in [0.717, 1.165) is 19.5 Å². The molecule has 0 aromatic heterocycles. The van der Waals surface area contributed by atoms with Crippen LogP contribution in [-0.4, -0.2) is 26.2 Å². The average molecular weight is 192 g/mol. The summed E-state index contributed by atoms with van der Waals surface area (Å²) in [5, 5.41) is 3.28. The van der Waals surface area contributed by atoms with Crippen molar-refractivity contribution in [2.24, 2.45) is 17.8 Å². The zero-order chi connectivity index (χ0) is 7.84. The monoisotopic (exact) mass is 191 g/mol. The molecule has 2 aliphatic rings. The van der Waals surface area contributed by atoms with Gasteiger partial charge >= 0.3 is 5.97 Å². The third kappa shape index (κ3) is 1.43. The molecule has 1 N–H and O–H groups in total. The van der Waals surface area contributed by atoms with Crippen molar-refractivity contribution in [1.29, 1.82) is 0 Å². The number of esters is 1. The van der Waals surface area contributed by atoms with E-state index in [-0.39, 0.29) is 24.3 Å². The highest BCUT2D eigenvalue weighted by Crippen LogP contribution is 2.50. The smallest absolute Gasteiger partial charge is 0.309 e. The summed E-state index contributed by atoms with van der Waals surface area (Å²) in [6, 6.07) is 0. The van der Waals surface area contributed by atoms with Gasteiger partial charge in [-0.1, -0.05) is 0 Å². The maximum absolute atomic E-state index is 11.1. The number of piperidine rings is 1. The number of hydrogen-bond donors (Lipinski definition) is 1. The van der Waals surface area contributed by atoms with Crippen LogP contribution in [-0.2, 0) is 9.53 Å². The van der Waals surface area contributed by atoms with Crippen LogP contribution < -0.4 is 5.32 Å².